The van der Waals surface area contributed by atoms with E-state index >= 15 is 0 Å². The summed E-state index contributed by atoms with van der Waals surface area (Å²) in [7, 11) is 0. The van der Waals surface area contributed by atoms with Gasteiger partial charge in [0.25, 0.3) is 0 Å². The number of nitrogens with one attached hydrogen (secondary N) is 1. The molecule has 0 saturated heterocycles. The summed E-state index contributed by atoms with van der Waals surface area (Å²) < 4.78 is 0. The van der Waals surface area contributed by atoms with Crippen molar-refractivity contribution in [1.82, 2.24) is 5.32 Å². The van der Waals surface area contributed by atoms with Gasteiger partial charge >= 0.3 is 0 Å². The topological polar surface area (TPSA) is 29.1 Å². The molecule has 0 fully saturated rings. The van der Waals surface area contributed by atoms with Crippen molar-refractivity contribution >= 4 is 16.7 Å². The molecule has 0 bridgehead atoms. The molecule has 0 aromatic heterocycles. The molecular formula is C26H39NO. The Balaban J connectivity index is 1.74. The maximum atomic E-state index is 11.8. The van der Waals surface area contributed by atoms with E-state index in [1.807, 2.05) is 0 Å². The molecule has 1 N–H and O–H groups in total. The van der Waals surface area contributed by atoms with Gasteiger partial charge in [0.15, 0.2) is 0 Å². The molecule has 2 rings (SSSR count). The van der Waals surface area contributed by atoms with E-state index in [9.17, 15) is 4.79 Å². The number of hydrogen-bond acceptors (Lipinski definition) is 1. The van der Waals surface area contributed by atoms with Crippen molar-refractivity contribution in [3.8, 4) is 0 Å². The third-order valence-corrected chi connectivity index (χ3v) is 5.67. The van der Waals surface area contributed by atoms with Crippen LogP contribution in [0.2, 0.25) is 0 Å². The molecule has 0 unspecified atom stereocenters. The van der Waals surface area contributed by atoms with Crippen LogP contribution in [0.3, 0.4) is 0 Å². The second kappa shape index (κ2) is 13.4. The van der Waals surface area contributed by atoms with Crippen molar-refractivity contribution in [3.63, 3.8) is 0 Å². The molecule has 0 saturated carbocycles. The number of carbonyl (C=O) groups excluding carboxylic acids is 1. The van der Waals surface area contributed by atoms with Gasteiger partial charge in [-0.05, 0) is 22.8 Å². The Morgan fingerprint density at radius 2 is 1.36 bits per heavy atom. The van der Waals surface area contributed by atoms with Gasteiger partial charge in [0.2, 0.25) is 5.91 Å². The molecule has 0 aliphatic rings. The molecule has 2 aromatic carbocycles. The van der Waals surface area contributed by atoms with Crippen LogP contribution >= 0.6 is 0 Å². The van der Waals surface area contributed by atoms with Crippen molar-refractivity contribution in [2.45, 2.75) is 96.9 Å². The molecule has 154 valence electrons. The molecule has 2 heteroatoms. The maximum Gasteiger partial charge on any atom is 0.217 e. The number of benzene rings is 2. The zero-order valence-electron chi connectivity index (χ0n) is 18.0. The number of carbonyl (C=O) groups is 1. The highest BCUT2D eigenvalue weighted by atomic mass is 16.1. The predicted molar refractivity (Wildman–Crippen MR) is 122 cm³/mol. The van der Waals surface area contributed by atoms with Gasteiger partial charge in [-0.3, -0.25) is 4.79 Å². The monoisotopic (exact) mass is 381 g/mol. The minimum atomic E-state index is 0.0565. The fourth-order valence-corrected chi connectivity index (χ4v) is 4.12. The third kappa shape index (κ3) is 8.04. The smallest absolute Gasteiger partial charge is 0.217 e. The van der Waals surface area contributed by atoms with Crippen LogP contribution in [-0.2, 0) is 4.79 Å². The van der Waals surface area contributed by atoms with Gasteiger partial charge in [0, 0.05) is 6.92 Å². The Morgan fingerprint density at radius 1 is 0.786 bits per heavy atom. The first-order chi connectivity index (χ1) is 13.7. The Labute approximate surface area is 172 Å². The van der Waals surface area contributed by atoms with Crippen LogP contribution in [0.5, 0.6) is 0 Å². The van der Waals surface area contributed by atoms with Crippen LogP contribution < -0.4 is 5.32 Å². The molecule has 28 heavy (non-hydrogen) atoms. The minimum Gasteiger partial charge on any atom is -0.350 e. The lowest BCUT2D eigenvalue weighted by Gasteiger charge is -2.20. The number of amides is 1. The molecule has 2 aromatic rings. The highest BCUT2D eigenvalue weighted by Crippen LogP contribution is 2.28. The van der Waals surface area contributed by atoms with Crippen molar-refractivity contribution in [1.29, 1.82) is 0 Å². The van der Waals surface area contributed by atoms with E-state index in [1.165, 1.54) is 87.0 Å². The van der Waals surface area contributed by atoms with Crippen LogP contribution in [0.1, 0.15) is 103 Å². The summed E-state index contributed by atoms with van der Waals surface area (Å²) >= 11 is 0. The lowest BCUT2D eigenvalue weighted by Crippen LogP contribution is -2.26. The van der Waals surface area contributed by atoms with E-state index < -0.39 is 0 Å². The van der Waals surface area contributed by atoms with Crippen LogP contribution in [0.4, 0.5) is 0 Å². The molecule has 0 aliphatic heterocycles. The van der Waals surface area contributed by atoms with Crippen molar-refractivity contribution in [2.75, 3.05) is 0 Å². The van der Waals surface area contributed by atoms with E-state index in [0.717, 1.165) is 6.42 Å². The first-order valence-electron chi connectivity index (χ1n) is 11.5. The zero-order valence-corrected chi connectivity index (χ0v) is 18.0. The standard InChI is InChI=1S/C26H39NO/c1-3-4-5-6-7-8-9-10-11-12-13-21-26(27-22(2)28)25-20-16-18-23-17-14-15-19-24(23)25/h14-20,26H,3-13,21H2,1-2H3,(H,27,28)/t26-/m1/s1. The molecule has 1 amide bonds. The van der Waals surface area contributed by atoms with Gasteiger partial charge in [0.1, 0.15) is 0 Å². The summed E-state index contributed by atoms with van der Waals surface area (Å²) in [5.41, 5.74) is 1.25. The highest BCUT2D eigenvalue weighted by molar-refractivity contribution is 5.86. The summed E-state index contributed by atoms with van der Waals surface area (Å²) in [6.45, 7) is 3.90. The summed E-state index contributed by atoms with van der Waals surface area (Å²) in [5, 5.41) is 5.69. The van der Waals surface area contributed by atoms with Crippen LogP contribution in [0, 0.1) is 0 Å². The van der Waals surface area contributed by atoms with Gasteiger partial charge in [-0.25, -0.2) is 0 Å². The number of rotatable bonds is 14. The van der Waals surface area contributed by atoms with Crippen molar-refractivity contribution in [3.05, 3.63) is 48.0 Å². The molecule has 0 aliphatic carbocycles. The molecular weight excluding hydrogens is 342 g/mol. The molecule has 0 radical (unpaired) electrons. The second-order valence-corrected chi connectivity index (χ2v) is 8.15. The second-order valence-electron chi connectivity index (χ2n) is 8.15. The lowest BCUT2D eigenvalue weighted by atomic mass is 9.94. The van der Waals surface area contributed by atoms with E-state index in [4.69, 9.17) is 0 Å². The molecule has 2 nitrogen and oxygen atoms in total. The first kappa shape index (κ1) is 22.5. The largest absolute Gasteiger partial charge is 0.350 e. The maximum absolute atomic E-state index is 11.8. The SMILES string of the molecule is CCCCCCCCCCCCC[C@@H](NC(C)=O)c1cccc2ccccc12. The van der Waals surface area contributed by atoms with Crippen LogP contribution in [0.15, 0.2) is 42.5 Å². The van der Waals surface area contributed by atoms with Gasteiger partial charge < -0.3 is 5.32 Å². The summed E-state index contributed by atoms with van der Waals surface area (Å²) in [6, 6.07) is 15.0. The predicted octanol–water partition coefficient (Wildman–Crippen LogP) is 7.72. The molecule has 1 atom stereocenters. The minimum absolute atomic E-state index is 0.0565. The lowest BCUT2D eigenvalue weighted by molar-refractivity contribution is -0.119. The average molecular weight is 382 g/mol. The van der Waals surface area contributed by atoms with E-state index in [-0.39, 0.29) is 11.9 Å². The Kier molecular flexibility index (Phi) is 10.7. The fourth-order valence-electron chi connectivity index (χ4n) is 4.12. The van der Waals surface area contributed by atoms with Crippen molar-refractivity contribution in [2.24, 2.45) is 0 Å². The zero-order chi connectivity index (χ0) is 20.0. The number of unbranched alkanes of at least 4 members (excludes halogenated alkanes) is 10. The molecule has 0 heterocycles. The summed E-state index contributed by atoms with van der Waals surface area (Å²) in [4.78, 5) is 11.8. The molecule has 0 spiro atoms. The van der Waals surface area contributed by atoms with Crippen molar-refractivity contribution < 1.29 is 4.79 Å². The van der Waals surface area contributed by atoms with Gasteiger partial charge in [-0.1, -0.05) is 120 Å². The van der Waals surface area contributed by atoms with Gasteiger partial charge in [0.05, 0.1) is 6.04 Å². The van der Waals surface area contributed by atoms with E-state index in [0.29, 0.717) is 0 Å². The Morgan fingerprint density at radius 3 is 2.00 bits per heavy atom. The van der Waals surface area contributed by atoms with Crippen LogP contribution in [0.25, 0.3) is 10.8 Å². The average Bonchev–Trinajstić information content (AvgIpc) is 2.70. The van der Waals surface area contributed by atoms with E-state index in [1.54, 1.807) is 6.92 Å². The third-order valence-electron chi connectivity index (χ3n) is 5.67. The summed E-state index contributed by atoms with van der Waals surface area (Å²) in [6.07, 6.45) is 15.9. The van der Waals surface area contributed by atoms with Crippen LogP contribution in [-0.4, -0.2) is 5.91 Å². The summed E-state index contributed by atoms with van der Waals surface area (Å²) in [5.74, 6) is 0.0565. The number of fused-ring (bicyclic) bond motifs is 1. The highest BCUT2D eigenvalue weighted by Gasteiger charge is 2.15. The normalized spacial score (nSPS) is 12.2. The number of hydrogen-bond donors (Lipinski definition) is 1. The van der Waals surface area contributed by atoms with E-state index in [2.05, 4.69) is 54.7 Å². The first-order valence-corrected chi connectivity index (χ1v) is 11.5. The van der Waals surface area contributed by atoms with Gasteiger partial charge in [-0.2, -0.15) is 0 Å². The Hall–Kier alpha value is -1.83. The fraction of sp³-hybridized carbons (Fsp3) is 0.577. The quantitative estimate of drug-likeness (QED) is 0.333. The van der Waals surface area contributed by atoms with Gasteiger partial charge in [-0.15, -0.1) is 0 Å². The Bertz CT molecular complexity index is 688.